The molecular formula is C78H153NO5. The zero-order valence-corrected chi connectivity index (χ0v) is 57.4. The van der Waals surface area contributed by atoms with Crippen molar-refractivity contribution >= 4 is 11.9 Å². The van der Waals surface area contributed by atoms with Crippen LogP contribution in [0.5, 0.6) is 0 Å². The third-order valence-electron chi connectivity index (χ3n) is 18.6. The largest absolute Gasteiger partial charge is 0.466 e. The molecule has 0 bridgehead atoms. The highest BCUT2D eigenvalue weighted by Crippen LogP contribution is 2.20. The van der Waals surface area contributed by atoms with Gasteiger partial charge in [-0.2, -0.15) is 0 Å². The molecule has 84 heavy (non-hydrogen) atoms. The van der Waals surface area contributed by atoms with Crippen LogP contribution in [0.3, 0.4) is 0 Å². The van der Waals surface area contributed by atoms with Gasteiger partial charge < -0.3 is 20.3 Å². The second kappa shape index (κ2) is 74.1. The van der Waals surface area contributed by atoms with Crippen molar-refractivity contribution in [3.8, 4) is 0 Å². The lowest BCUT2D eigenvalue weighted by atomic mass is 10.0. The third-order valence-corrected chi connectivity index (χ3v) is 18.6. The summed E-state index contributed by atoms with van der Waals surface area (Å²) in [4.78, 5) is 24.6. The van der Waals surface area contributed by atoms with Gasteiger partial charge in [-0.05, 0) is 51.4 Å². The number of hydrogen-bond acceptors (Lipinski definition) is 5. The number of aliphatic hydroxyl groups excluding tert-OH is 2. The second-order valence-electron chi connectivity index (χ2n) is 27.0. The van der Waals surface area contributed by atoms with Gasteiger partial charge in [-0.25, -0.2) is 0 Å². The van der Waals surface area contributed by atoms with Crippen molar-refractivity contribution in [1.29, 1.82) is 0 Å². The molecule has 0 heterocycles. The van der Waals surface area contributed by atoms with E-state index in [1.54, 1.807) is 0 Å². The van der Waals surface area contributed by atoms with E-state index in [2.05, 4.69) is 31.3 Å². The number of esters is 1. The lowest BCUT2D eigenvalue weighted by molar-refractivity contribution is -0.143. The predicted molar refractivity (Wildman–Crippen MR) is 370 cm³/mol. The molecule has 0 aromatic rings. The summed E-state index contributed by atoms with van der Waals surface area (Å²) in [5.41, 5.74) is 0. The lowest BCUT2D eigenvalue weighted by Crippen LogP contribution is -2.45. The first kappa shape index (κ1) is 82.6. The van der Waals surface area contributed by atoms with E-state index in [1.807, 2.05) is 0 Å². The number of carbonyl (C=O) groups is 2. The molecule has 0 aliphatic rings. The first-order chi connectivity index (χ1) is 41.5. The highest BCUT2D eigenvalue weighted by atomic mass is 16.5. The number of unbranched alkanes of at least 4 members (excludes halogenated alkanes) is 61. The van der Waals surface area contributed by atoms with Crippen molar-refractivity contribution in [3.05, 3.63) is 12.2 Å². The highest BCUT2D eigenvalue weighted by molar-refractivity contribution is 5.76. The number of carbonyl (C=O) groups excluding carboxylic acids is 2. The van der Waals surface area contributed by atoms with E-state index < -0.39 is 12.1 Å². The normalized spacial score (nSPS) is 12.5. The van der Waals surface area contributed by atoms with E-state index >= 15 is 0 Å². The summed E-state index contributed by atoms with van der Waals surface area (Å²) < 4.78 is 5.51. The van der Waals surface area contributed by atoms with Gasteiger partial charge in [-0.3, -0.25) is 9.59 Å². The molecule has 0 aromatic heterocycles. The predicted octanol–water partition coefficient (Wildman–Crippen LogP) is 25.5. The molecule has 0 aromatic carbocycles. The summed E-state index contributed by atoms with van der Waals surface area (Å²) in [6.45, 7) is 5.00. The molecule has 0 rings (SSSR count). The quantitative estimate of drug-likeness (QED) is 0.0320. The zero-order chi connectivity index (χ0) is 60.6. The van der Waals surface area contributed by atoms with E-state index in [9.17, 15) is 19.8 Å². The number of hydrogen-bond donors (Lipinski definition) is 3. The summed E-state index contributed by atoms with van der Waals surface area (Å²) in [5.74, 6) is -0.00161. The molecule has 3 N–H and O–H groups in total. The third kappa shape index (κ3) is 69.7. The number of aliphatic hydroxyl groups is 2. The number of ether oxygens (including phenoxy) is 1. The summed E-state index contributed by atoms with van der Waals surface area (Å²) in [5, 5.41) is 23.3. The Morgan fingerprint density at radius 3 is 0.845 bits per heavy atom. The topological polar surface area (TPSA) is 95.9 Å². The molecule has 0 fully saturated rings. The Bertz CT molecular complexity index is 1270. The molecule has 1 amide bonds. The van der Waals surface area contributed by atoms with Crippen LogP contribution in [0.25, 0.3) is 0 Å². The van der Waals surface area contributed by atoms with Gasteiger partial charge in [-0.1, -0.05) is 398 Å². The maximum atomic E-state index is 12.5. The van der Waals surface area contributed by atoms with E-state index in [-0.39, 0.29) is 18.5 Å². The molecule has 0 aliphatic carbocycles. The highest BCUT2D eigenvalue weighted by Gasteiger charge is 2.20. The van der Waals surface area contributed by atoms with E-state index in [0.717, 1.165) is 38.5 Å². The number of nitrogens with one attached hydrogen (secondary N) is 1. The van der Waals surface area contributed by atoms with Crippen molar-refractivity contribution in [2.24, 2.45) is 0 Å². The molecule has 6 nitrogen and oxygen atoms in total. The first-order valence-corrected chi connectivity index (χ1v) is 38.9. The second-order valence-corrected chi connectivity index (χ2v) is 27.0. The minimum atomic E-state index is -0.660. The maximum Gasteiger partial charge on any atom is 0.305 e. The van der Waals surface area contributed by atoms with Crippen molar-refractivity contribution in [1.82, 2.24) is 5.32 Å². The van der Waals surface area contributed by atoms with Gasteiger partial charge in [0.1, 0.15) is 0 Å². The summed E-state index contributed by atoms with van der Waals surface area (Å²) >= 11 is 0. The molecule has 0 radical (unpaired) electrons. The van der Waals surface area contributed by atoms with Gasteiger partial charge in [-0.15, -0.1) is 0 Å². The SMILES string of the molecule is CCCCCCCCCCCCCCCCCCCC(=O)OCCCCCCCCCCCCCCCCCC/C=C\CCCCCCCCCCCCCCCCCCCC(=O)NC(CO)C(O)CCCCCCCCCCCCCCC. The minimum Gasteiger partial charge on any atom is -0.466 e. The fraction of sp³-hybridized carbons (Fsp3) is 0.949. The Morgan fingerprint density at radius 1 is 0.321 bits per heavy atom. The Labute approximate surface area is 527 Å². The van der Waals surface area contributed by atoms with Gasteiger partial charge >= 0.3 is 5.97 Å². The Morgan fingerprint density at radius 2 is 0.560 bits per heavy atom. The van der Waals surface area contributed by atoms with Gasteiger partial charge in [0.15, 0.2) is 0 Å². The summed E-state index contributed by atoms with van der Waals surface area (Å²) in [7, 11) is 0. The van der Waals surface area contributed by atoms with E-state index in [4.69, 9.17) is 4.74 Å². The smallest absolute Gasteiger partial charge is 0.305 e. The molecule has 500 valence electrons. The van der Waals surface area contributed by atoms with Gasteiger partial charge in [0.2, 0.25) is 5.91 Å². The van der Waals surface area contributed by atoms with Crippen molar-refractivity contribution < 1.29 is 24.5 Å². The Hall–Kier alpha value is -1.40. The maximum absolute atomic E-state index is 12.5. The fourth-order valence-electron chi connectivity index (χ4n) is 12.6. The molecule has 6 heteroatoms. The van der Waals surface area contributed by atoms with Crippen LogP contribution >= 0.6 is 0 Å². The van der Waals surface area contributed by atoms with Gasteiger partial charge in [0, 0.05) is 12.8 Å². The van der Waals surface area contributed by atoms with Crippen LogP contribution in [0.2, 0.25) is 0 Å². The lowest BCUT2D eigenvalue weighted by Gasteiger charge is -2.22. The monoisotopic (exact) mass is 1180 g/mol. The standard InChI is InChI=1S/C78H153NO5/c1-3-5-7-9-11-13-15-17-18-40-44-48-52-56-60-64-68-72-78(83)84-73-69-65-61-57-53-49-45-42-39-37-35-33-31-29-27-25-23-21-19-20-22-24-26-28-30-32-34-36-38-41-43-47-51-55-59-63-67-71-77(82)79-75(74-80)76(81)70-66-62-58-54-50-46-16-14-12-10-8-6-4-2/h19,21,75-76,80-81H,3-18,20,22-74H2,1-2H3,(H,79,82)/b21-19-. The molecule has 0 spiro atoms. The fourth-order valence-corrected chi connectivity index (χ4v) is 12.6. The van der Waals surface area contributed by atoms with Crippen LogP contribution in [0.1, 0.15) is 450 Å². The van der Waals surface area contributed by atoms with Crippen LogP contribution in [0.15, 0.2) is 12.2 Å². The number of rotatable bonds is 74. The molecule has 2 unspecified atom stereocenters. The van der Waals surface area contributed by atoms with Crippen LogP contribution < -0.4 is 5.32 Å². The zero-order valence-electron chi connectivity index (χ0n) is 57.4. The number of allylic oxidation sites excluding steroid dienone is 2. The summed E-state index contributed by atoms with van der Waals surface area (Å²) in [6, 6.07) is -0.537. The van der Waals surface area contributed by atoms with E-state index in [1.165, 1.54) is 379 Å². The number of amides is 1. The van der Waals surface area contributed by atoms with E-state index in [0.29, 0.717) is 25.9 Å². The minimum absolute atomic E-state index is 0.0265. The van der Waals surface area contributed by atoms with Gasteiger partial charge in [0.25, 0.3) is 0 Å². The molecule has 0 aliphatic heterocycles. The molecule has 2 atom stereocenters. The molecule has 0 saturated carbocycles. The van der Waals surface area contributed by atoms with Crippen molar-refractivity contribution in [2.45, 2.75) is 463 Å². The molecular weight excluding hydrogens is 1030 g/mol. The van der Waals surface area contributed by atoms with Crippen molar-refractivity contribution in [2.75, 3.05) is 13.2 Å². The molecule has 0 saturated heterocycles. The van der Waals surface area contributed by atoms with Crippen LogP contribution in [-0.4, -0.2) is 47.4 Å². The van der Waals surface area contributed by atoms with Crippen LogP contribution in [0, 0.1) is 0 Å². The average Bonchev–Trinajstić information content (AvgIpc) is 3.54. The van der Waals surface area contributed by atoms with Gasteiger partial charge in [0.05, 0.1) is 25.4 Å². The first-order valence-electron chi connectivity index (χ1n) is 38.9. The summed E-state index contributed by atoms with van der Waals surface area (Å²) in [6.07, 6.45) is 93.1. The van der Waals surface area contributed by atoms with Crippen LogP contribution in [0.4, 0.5) is 0 Å². The Balaban J connectivity index is 3.30. The average molecular weight is 1190 g/mol. The van der Waals surface area contributed by atoms with Crippen molar-refractivity contribution in [3.63, 3.8) is 0 Å². The van der Waals surface area contributed by atoms with Crippen LogP contribution in [-0.2, 0) is 14.3 Å². The Kier molecular flexibility index (Phi) is 72.8.